The molecule has 7 nitrogen and oxygen atoms in total. The molecule has 0 aliphatic rings. The Balaban J connectivity index is 2.19. The number of carbonyl (C=O) groups excluding carboxylic acids is 1. The molecule has 0 unspecified atom stereocenters. The molecule has 0 spiro atoms. The maximum Gasteiger partial charge on any atom is 0.304 e. The lowest BCUT2D eigenvalue weighted by atomic mass is 10.4. The first kappa shape index (κ1) is 12.1. The second-order valence-corrected chi connectivity index (χ2v) is 2.94. The van der Waals surface area contributed by atoms with Crippen LogP contribution in [0, 0.1) is 0 Å². The fourth-order valence-corrected chi connectivity index (χ4v) is 0.930. The van der Waals surface area contributed by atoms with Gasteiger partial charge >= 0.3 is 5.97 Å². The molecule has 16 heavy (non-hydrogen) atoms. The number of rotatable bonds is 6. The third kappa shape index (κ3) is 5.01. The molecule has 7 heteroatoms. The van der Waals surface area contributed by atoms with Crippen molar-refractivity contribution in [3.05, 3.63) is 18.5 Å². The van der Waals surface area contributed by atoms with Crippen LogP contribution in [0.5, 0.6) is 0 Å². The summed E-state index contributed by atoms with van der Waals surface area (Å²) < 4.78 is 0. The van der Waals surface area contributed by atoms with E-state index in [1.54, 1.807) is 6.07 Å². The monoisotopic (exact) mass is 224 g/mol. The Morgan fingerprint density at radius 3 is 2.62 bits per heavy atom. The van der Waals surface area contributed by atoms with Crippen LogP contribution in [0.2, 0.25) is 0 Å². The minimum absolute atomic E-state index is 0.0187. The Labute approximate surface area is 91.9 Å². The van der Waals surface area contributed by atoms with Crippen LogP contribution >= 0.6 is 0 Å². The predicted octanol–water partition coefficient (Wildman–Crippen LogP) is -0.521. The van der Waals surface area contributed by atoms with E-state index in [0.29, 0.717) is 0 Å². The molecule has 86 valence electrons. The summed E-state index contributed by atoms with van der Waals surface area (Å²) in [5.74, 6) is -0.983. The molecule has 0 radical (unpaired) electrons. The van der Waals surface area contributed by atoms with E-state index in [1.165, 1.54) is 12.4 Å². The van der Waals surface area contributed by atoms with Crippen molar-refractivity contribution >= 4 is 17.8 Å². The maximum absolute atomic E-state index is 11.3. The first-order valence-electron chi connectivity index (χ1n) is 4.68. The van der Waals surface area contributed by atoms with Crippen LogP contribution in [0.4, 0.5) is 5.95 Å². The molecule has 1 heterocycles. The van der Waals surface area contributed by atoms with Gasteiger partial charge < -0.3 is 10.4 Å². The fourth-order valence-electron chi connectivity index (χ4n) is 0.930. The van der Waals surface area contributed by atoms with Crippen LogP contribution in [0.3, 0.4) is 0 Å². The molecule has 0 atom stereocenters. The van der Waals surface area contributed by atoms with E-state index in [9.17, 15) is 9.59 Å². The summed E-state index contributed by atoms with van der Waals surface area (Å²) in [6.07, 6.45) is 3.01. The molecule has 0 saturated carbocycles. The maximum atomic E-state index is 11.3. The highest BCUT2D eigenvalue weighted by Crippen LogP contribution is 1.92. The van der Waals surface area contributed by atoms with Gasteiger partial charge in [0, 0.05) is 18.9 Å². The topological polar surface area (TPSA) is 104 Å². The number of hydrogen-bond acceptors (Lipinski definition) is 5. The van der Waals surface area contributed by atoms with E-state index in [2.05, 4.69) is 20.6 Å². The van der Waals surface area contributed by atoms with Gasteiger partial charge in [-0.3, -0.25) is 14.9 Å². The van der Waals surface area contributed by atoms with Gasteiger partial charge in [0.2, 0.25) is 11.9 Å². The highest BCUT2D eigenvalue weighted by molar-refractivity contribution is 5.90. The van der Waals surface area contributed by atoms with Crippen LogP contribution < -0.4 is 10.6 Å². The highest BCUT2D eigenvalue weighted by Gasteiger charge is 2.03. The smallest absolute Gasteiger partial charge is 0.304 e. The van der Waals surface area contributed by atoms with Crippen molar-refractivity contribution in [3.8, 4) is 0 Å². The van der Waals surface area contributed by atoms with E-state index in [4.69, 9.17) is 5.11 Å². The third-order valence-corrected chi connectivity index (χ3v) is 1.62. The van der Waals surface area contributed by atoms with Crippen LogP contribution in [-0.2, 0) is 9.59 Å². The number of aromatic nitrogens is 2. The van der Waals surface area contributed by atoms with Gasteiger partial charge in [0.15, 0.2) is 0 Å². The van der Waals surface area contributed by atoms with Crippen molar-refractivity contribution in [2.45, 2.75) is 6.42 Å². The van der Waals surface area contributed by atoms with Gasteiger partial charge in [0.25, 0.3) is 0 Å². The Bertz CT molecular complexity index is 355. The molecule has 1 rings (SSSR count). The van der Waals surface area contributed by atoms with Crippen molar-refractivity contribution in [1.29, 1.82) is 0 Å². The molecular formula is C9H12N4O3. The first-order valence-corrected chi connectivity index (χ1v) is 4.68. The van der Waals surface area contributed by atoms with E-state index in [0.717, 1.165) is 0 Å². The van der Waals surface area contributed by atoms with Gasteiger partial charge in [-0.25, -0.2) is 9.97 Å². The standard InChI is InChI=1S/C9H12N4O3/c14-7(6-10-5-2-8(15)16)13-9-11-3-1-4-12-9/h1,3-4,10H,2,5-6H2,(H,15,16)(H,11,12,13,14). The molecule has 0 bridgehead atoms. The molecule has 1 amide bonds. The Morgan fingerprint density at radius 1 is 1.31 bits per heavy atom. The summed E-state index contributed by atoms with van der Waals surface area (Å²) >= 11 is 0. The summed E-state index contributed by atoms with van der Waals surface area (Å²) in [4.78, 5) is 29.1. The number of amides is 1. The fraction of sp³-hybridized carbons (Fsp3) is 0.333. The van der Waals surface area contributed by atoms with Crippen molar-refractivity contribution in [2.24, 2.45) is 0 Å². The minimum Gasteiger partial charge on any atom is -0.481 e. The Hall–Kier alpha value is -2.02. The number of hydrogen-bond donors (Lipinski definition) is 3. The summed E-state index contributed by atoms with van der Waals surface area (Å²) in [6.45, 7) is 0.282. The van der Waals surface area contributed by atoms with Gasteiger partial charge in [-0.2, -0.15) is 0 Å². The minimum atomic E-state index is -0.903. The summed E-state index contributed by atoms with van der Waals surface area (Å²) in [6, 6.07) is 1.64. The number of nitrogens with zero attached hydrogens (tertiary/aromatic N) is 2. The molecule has 0 aromatic carbocycles. The molecular weight excluding hydrogens is 212 g/mol. The number of carbonyl (C=O) groups is 2. The molecule has 3 N–H and O–H groups in total. The molecule has 1 aromatic heterocycles. The predicted molar refractivity (Wildman–Crippen MR) is 55.8 cm³/mol. The van der Waals surface area contributed by atoms with Crippen LogP contribution in [0.1, 0.15) is 6.42 Å². The number of aliphatic carboxylic acids is 1. The molecule has 1 aromatic rings. The molecule has 0 aliphatic heterocycles. The third-order valence-electron chi connectivity index (χ3n) is 1.62. The second-order valence-electron chi connectivity index (χ2n) is 2.94. The van der Waals surface area contributed by atoms with Crippen molar-refractivity contribution in [2.75, 3.05) is 18.4 Å². The lowest BCUT2D eigenvalue weighted by Gasteiger charge is -2.03. The van der Waals surface area contributed by atoms with E-state index in [-0.39, 0.29) is 31.4 Å². The van der Waals surface area contributed by atoms with Gasteiger partial charge in [-0.1, -0.05) is 0 Å². The SMILES string of the molecule is O=C(O)CCNCC(=O)Nc1ncccn1. The normalized spacial score (nSPS) is 9.75. The van der Waals surface area contributed by atoms with Crippen molar-refractivity contribution in [1.82, 2.24) is 15.3 Å². The molecule has 0 aliphatic carbocycles. The summed E-state index contributed by atoms with van der Waals surface area (Å²) in [5.41, 5.74) is 0. The quantitative estimate of drug-likeness (QED) is 0.561. The van der Waals surface area contributed by atoms with Gasteiger partial charge in [0.1, 0.15) is 0 Å². The highest BCUT2D eigenvalue weighted by atomic mass is 16.4. The lowest BCUT2D eigenvalue weighted by Crippen LogP contribution is -2.30. The molecule has 0 fully saturated rings. The molecule has 0 saturated heterocycles. The number of anilines is 1. The van der Waals surface area contributed by atoms with Crippen LogP contribution in [-0.4, -0.2) is 40.0 Å². The van der Waals surface area contributed by atoms with Crippen molar-refractivity contribution in [3.63, 3.8) is 0 Å². The zero-order valence-corrected chi connectivity index (χ0v) is 8.51. The lowest BCUT2D eigenvalue weighted by molar-refractivity contribution is -0.137. The largest absolute Gasteiger partial charge is 0.481 e. The second kappa shape index (κ2) is 6.46. The van der Waals surface area contributed by atoms with Crippen LogP contribution in [0.25, 0.3) is 0 Å². The van der Waals surface area contributed by atoms with E-state index >= 15 is 0 Å². The van der Waals surface area contributed by atoms with Crippen molar-refractivity contribution < 1.29 is 14.7 Å². The summed E-state index contributed by atoms with van der Waals surface area (Å²) in [5, 5.41) is 13.5. The number of nitrogens with one attached hydrogen (secondary N) is 2. The average Bonchev–Trinajstić information content (AvgIpc) is 2.25. The first-order chi connectivity index (χ1) is 7.68. The number of carboxylic acids is 1. The number of carboxylic acid groups (broad SMARTS) is 1. The Kier molecular flexibility index (Phi) is 4.87. The van der Waals surface area contributed by atoms with Gasteiger partial charge in [-0.15, -0.1) is 0 Å². The average molecular weight is 224 g/mol. The zero-order chi connectivity index (χ0) is 11.8. The van der Waals surface area contributed by atoms with Crippen LogP contribution in [0.15, 0.2) is 18.5 Å². The van der Waals surface area contributed by atoms with E-state index < -0.39 is 5.97 Å². The Morgan fingerprint density at radius 2 is 2.00 bits per heavy atom. The van der Waals surface area contributed by atoms with Gasteiger partial charge in [-0.05, 0) is 6.07 Å². The van der Waals surface area contributed by atoms with Gasteiger partial charge in [0.05, 0.1) is 13.0 Å². The summed E-state index contributed by atoms with van der Waals surface area (Å²) in [7, 11) is 0. The zero-order valence-electron chi connectivity index (χ0n) is 8.51. The van der Waals surface area contributed by atoms with E-state index in [1.807, 2.05) is 0 Å².